The lowest BCUT2D eigenvalue weighted by Crippen LogP contribution is -2.39. The highest BCUT2D eigenvalue weighted by molar-refractivity contribution is 6.20. The summed E-state index contributed by atoms with van der Waals surface area (Å²) in [4.78, 5) is 37.6. The molecule has 0 fully saturated rings. The van der Waals surface area contributed by atoms with Crippen molar-refractivity contribution in [3.05, 3.63) is 96.1 Å². The zero-order valence-electron chi connectivity index (χ0n) is 14.9. The second kappa shape index (κ2) is 8.86. The minimum absolute atomic E-state index is 0.139. The smallest absolute Gasteiger partial charge is 0.177 e. The molecule has 3 nitrogen and oxygen atoms in total. The zero-order chi connectivity index (χ0) is 19.0. The average Bonchev–Trinajstić information content (AvgIpc) is 2.67. The summed E-state index contributed by atoms with van der Waals surface area (Å²) in [5.41, 5.74) is 0.349. The van der Waals surface area contributed by atoms with Gasteiger partial charge < -0.3 is 0 Å². The molecule has 0 amide bonds. The molecular weight excluding hydrogens is 324 g/mol. The van der Waals surface area contributed by atoms with Gasteiger partial charge in [0.2, 0.25) is 0 Å². The van der Waals surface area contributed by atoms with Crippen LogP contribution in [0, 0.1) is 5.41 Å². The molecule has 0 aliphatic heterocycles. The predicted octanol–water partition coefficient (Wildman–Crippen LogP) is 4.85. The Labute approximate surface area is 154 Å². The Morgan fingerprint density at radius 1 is 0.923 bits per heavy atom. The summed E-state index contributed by atoms with van der Waals surface area (Å²) in [6.45, 7) is 5.72. The lowest BCUT2D eigenvalue weighted by atomic mass is 9.68. The first-order valence-electron chi connectivity index (χ1n) is 8.45. The van der Waals surface area contributed by atoms with Gasteiger partial charge in [-0.3, -0.25) is 14.4 Å². The fraction of sp³-hybridized carbons (Fsp3) is 0.174. The largest absolute Gasteiger partial charge is 0.299 e. The SMILES string of the molecule is C=C(C)CC(C/C=C\C=O)(C(=O)c1ccccc1)C(=O)c1ccccc1. The maximum Gasteiger partial charge on any atom is 0.177 e. The first kappa shape index (κ1) is 19.3. The maximum atomic E-state index is 13.4. The van der Waals surface area contributed by atoms with Crippen LogP contribution in [0.2, 0.25) is 0 Å². The average molecular weight is 346 g/mol. The number of benzene rings is 2. The molecule has 0 radical (unpaired) electrons. The Morgan fingerprint density at radius 2 is 1.38 bits per heavy atom. The van der Waals surface area contributed by atoms with Crippen LogP contribution in [0.3, 0.4) is 0 Å². The standard InChI is InChI=1S/C23H22O3/c1-18(2)17-23(15-9-10-16-24,21(25)19-11-5-3-6-12-19)22(26)20-13-7-4-8-14-20/h3-14,16H,1,15,17H2,2H3/b10-9-. The van der Waals surface area contributed by atoms with Crippen LogP contribution in [-0.2, 0) is 4.79 Å². The van der Waals surface area contributed by atoms with E-state index in [4.69, 9.17) is 0 Å². The summed E-state index contributed by atoms with van der Waals surface area (Å²) in [5, 5.41) is 0. The fourth-order valence-electron chi connectivity index (χ4n) is 3.09. The third-order valence-electron chi connectivity index (χ3n) is 4.23. The molecule has 0 aromatic heterocycles. The van der Waals surface area contributed by atoms with Crippen molar-refractivity contribution in [1.82, 2.24) is 0 Å². The lowest BCUT2D eigenvalue weighted by molar-refractivity contribution is -0.104. The summed E-state index contributed by atoms with van der Waals surface area (Å²) in [5.74, 6) is -0.518. The van der Waals surface area contributed by atoms with Gasteiger partial charge in [-0.15, -0.1) is 6.58 Å². The van der Waals surface area contributed by atoms with Crippen LogP contribution < -0.4 is 0 Å². The molecule has 2 rings (SSSR count). The van der Waals surface area contributed by atoms with Crippen LogP contribution in [0.15, 0.2) is 85.0 Å². The van der Waals surface area contributed by atoms with E-state index in [-0.39, 0.29) is 24.4 Å². The van der Waals surface area contributed by atoms with Crippen LogP contribution in [0.4, 0.5) is 0 Å². The molecule has 0 heterocycles. The first-order chi connectivity index (χ1) is 12.5. The van der Waals surface area contributed by atoms with Crippen molar-refractivity contribution in [2.75, 3.05) is 0 Å². The highest BCUT2D eigenvalue weighted by Crippen LogP contribution is 2.38. The Bertz CT molecular complexity index is 766. The van der Waals surface area contributed by atoms with Gasteiger partial charge in [-0.05, 0) is 25.8 Å². The van der Waals surface area contributed by atoms with Crippen molar-refractivity contribution < 1.29 is 14.4 Å². The topological polar surface area (TPSA) is 51.2 Å². The van der Waals surface area contributed by atoms with Gasteiger partial charge in [0.15, 0.2) is 11.6 Å². The van der Waals surface area contributed by atoms with Gasteiger partial charge >= 0.3 is 0 Å². The monoisotopic (exact) mass is 346 g/mol. The first-order valence-corrected chi connectivity index (χ1v) is 8.45. The third-order valence-corrected chi connectivity index (χ3v) is 4.23. The third kappa shape index (κ3) is 4.31. The van der Waals surface area contributed by atoms with Crippen molar-refractivity contribution in [2.24, 2.45) is 5.41 Å². The number of carbonyl (C=O) groups excluding carboxylic acids is 3. The lowest BCUT2D eigenvalue weighted by Gasteiger charge is -2.30. The van der Waals surface area contributed by atoms with Gasteiger partial charge in [-0.1, -0.05) is 72.3 Å². The van der Waals surface area contributed by atoms with E-state index in [1.54, 1.807) is 61.5 Å². The van der Waals surface area contributed by atoms with Crippen LogP contribution >= 0.6 is 0 Å². The molecule has 0 saturated carbocycles. The number of aldehydes is 1. The number of hydrogen-bond donors (Lipinski definition) is 0. The second-order valence-corrected chi connectivity index (χ2v) is 6.37. The Morgan fingerprint density at radius 3 is 1.77 bits per heavy atom. The molecule has 0 spiro atoms. The highest BCUT2D eigenvalue weighted by Gasteiger charge is 2.45. The van der Waals surface area contributed by atoms with E-state index in [1.807, 2.05) is 12.1 Å². The van der Waals surface area contributed by atoms with E-state index in [0.717, 1.165) is 5.57 Å². The Balaban J connectivity index is 2.61. The van der Waals surface area contributed by atoms with Gasteiger partial charge in [-0.2, -0.15) is 0 Å². The molecule has 26 heavy (non-hydrogen) atoms. The van der Waals surface area contributed by atoms with Gasteiger partial charge in [-0.25, -0.2) is 0 Å². The summed E-state index contributed by atoms with van der Waals surface area (Å²) in [7, 11) is 0. The summed E-state index contributed by atoms with van der Waals surface area (Å²) in [6, 6.07) is 17.5. The number of ketones is 2. The quantitative estimate of drug-likeness (QED) is 0.214. The molecule has 2 aromatic rings. The Kier molecular flexibility index (Phi) is 6.56. The van der Waals surface area contributed by atoms with Crippen molar-refractivity contribution in [1.29, 1.82) is 0 Å². The van der Waals surface area contributed by atoms with E-state index >= 15 is 0 Å². The summed E-state index contributed by atoms with van der Waals surface area (Å²) >= 11 is 0. The number of carbonyl (C=O) groups is 3. The molecule has 0 atom stereocenters. The van der Waals surface area contributed by atoms with Crippen molar-refractivity contribution >= 4 is 17.9 Å². The van der Waals surface area contributed by atoms with Crippen LogP contribution in [0.1, 0.15) is 40.5 Å². The van der Waals surface area contributed by atoms with Crippen molar-refractivity contribution in [3.63, 3.8) is 0 Å². The molecular formula is C23H22O3. The van der Waals surface area contributed by atoms with E-state index in [1.165, 1.54) is 6.08 Å². The normalized spacial score (nSPS) is 11.3. The minimum Gasteiger partial charge on any atom is -0.299 e. The summed E-state index contributed by atoms with van der Waals surface area (Å²) in [6.07, 6.45) is 3.91. The van der Waals surface area contributed by atoms with Crippen LogP contribution in [0.25, 0.3) is 0 Å². The molecule has 2 aromatic carbocycles. The molecule has 0 aliphatic rings. The number of allylic oxidation sites excluding steroid dienone is 3. The fourth-order valence-corrected chi connectivity index (χ4v) is 3.09. The highest BCUT2D eigenvalue weighted by atomic mass is 16.2. The Hall–Kier alpha value is -3.07. The van der Waals surface area contributed by atoms with E-state index in [9.17, 15) is 14.4 Å². The molecule has 0 unspecified atom stereocenters. The molecule has 132 valence electrons. The summed E-state index contributed by atoms with van der Waals surface area (Å²) < 4.78 is 0. The predicted molar refractivity (Wildman–Crippen MR) is 103 cm³/mol. The van der Waals surface area contributed by atoms with Gasteiger partial charge in [0.05, 0.1) is 0 Å². The number of Topliss-reactive ketones (excluding diaryl/α,β-unsaturated/α-hetero) is 2. The minimum atomic E-state index is -1.33. The molecule has 3 heteroatoms. The molecule has 0 bridgehead atoms. The van der Waals surface area contributed by atoms with Crippen LogP contribution in [0.5, 0.6) is 0 Å². The van der Waals surface area contributed by atoms with E-state index in [0.29, 0.717) is 17.4 Å². The van der Waals surface area contributed by atoms with Crippen molar-refractivity contribution in [3.8, 4) is 0 Å². The van der Waals surface area contributed by atoms with Gasteiger partial charge in [0.1, 0.15) is 11.7 Å². The van der Waals surface area contributed by atoms with Crippen molar-refractivity contribution in [2.45, 2.75) is 19.8 Å². The zero-order valence-corrected chi connectivity index (χ0v) is 14.9. The second-order valence-electron chi connectivity index (χ2n) is 6.37. The van der Waals surface area contributed by atoms with Crippen LogP contribution in [-0.4, -0.2) is 17.9 Å². The molecule has 0 N–H and O–H groups in total. The molecule has 0 saturated heterocycles. The maximum absolute atomic E-state index is 13.4. The molecule has 0 aliphatic carbocycles. The van der Waals surface area contributed by atoms with E-state index in [2.05, 4.69) is 6.58 Å². The van der Waals surface area contributed by atoms with Gasteiger partial charge in [0, 0.05) is 11.1 Å². The number of hydrogen-bond acceptors (Lipinski definition) is 3. The van der Waals surface area contributed by atoms with Gasteiger partial charge in [0.25, 0.3) is 0 Å². The van der Waals surface area contributed by atoms with E-state index < -0.39 is 5.41 Å². The number of rotatable bonds is 9.